The van der Waals surface area contributed by atoms with Gasteiger partial charge in [0.25, 0.3) is 0 Å². The van der Waals surface area contributed by atoms with Crippen LogP contribution in [-0.2, 0) is 16.1 Å². The molecule has 0 bridgehead atoms. The molecule has 0 aromatic heterocycles. The van der Waals surface area contributed by atoms with Crippen LogP contribution < -0.4 is 10.2 Å². The first-order valence-electron chi connectivity index (χ1n) is 9.18. The normalized spacial score (nSPS) is 10.3. The lowest BCUT2D eigenvalue weighted by Crippen LogP contribution is -2.42. The number of nitrogens with one attached hydrogen (secondary N) is 1. The number of nitrogens with zero attached hydrogens (tertiary/aromatic N) is 1. The molecule has 0 atom stereocenters. The van der Waals surface area contributed by atoms with Gasteiger partial charge in [0.05, 0.1) is 18.7 Å². The van der Waals surface area contributed by atoms with E-state index in [1.54, 1.807) is 54.3 Å². The monoisotopic (exact) mass is 452 g/mol. The van der Waals surface area contributed by atoms with Gasteiger partial charge in [-0.1, -0.05) is 36.2 Å². The lowest BCUT2D eigenvalue weighted by atomic mass is 10.1. The van der Waals surface area contributed by atoms with Crippen molar-refractivity contribution in [3.63, 3.8) is 0 Å². The highest BCUT2D eigenvalue weighted by atomic mass is 35.5. The van der Waals surface area contributed by atoms with E-state index >= 15 is 0 Å². The lowest BCUT2D eigenvalue weighted by Gasteiger charge is -2.26. The highest BCUT2D eigenvalue weighted by molar-refractivity contribution is 7.80. The number of rotatable bonds is 7. The van der Waals surface area contributed by atoms with Crippen molar-refractivity contribution in [2.75, 3.05) is 11.5 Å². The molecule has 8 heteroatoms. The van der Waals surface area contributed by atoms with Gasteiger partial charge in [0, 0.05) is 22.2 Å². The topological polar surface area (TPSA) is 58.6 Å². The Morgan fingerprint density at radius 2 is 1.79 bits per heavy atom. The summed E-state index contributed by atoms with van der Waals surface area (Å²) < 4.78 is 5.01. The Morgan fingerprint density at radius 1 is 1.10 bits per heavy atom. The second-order valence-corrected chi connectivity index (χ2v) is 7.42. The summed E-state index contributed by atoms with van der Waals surface area (Å²) in [5, 5.41) is 4.02. The van der Waals surface area contributed by atoms with Crippen LogP contribution in [0.2, 0.25) is 10.0 Å². The highest BCUT2D eigenvalue weighted by Crippen LogP contribution is 2.25. The summed E-state index contributed by atoms with van der Waals surface area (Å²) in [6, 6.07) is 12.0. The standard InChI is InChI=1S/C21H22Cl2N2O3S/c1-3-5-19(26)24-21(29)25(13-15-6-9-16(22)12-18(15)23)17-10-7-14(8-11-17)20(27)28-4-2/h6-12H,3-5,13H2,1-2H3,(H,24,26,29). The molecule has 0 heterocycles. The third-order valence-corrected chi connectivity index (χ3v) is 4.91. The van der Waals surface area contributed by atoms with E-state index in [-0.39, 0.29) is 11.0 Å². The Labute approximate surface area is 185 Å². The summed E-state index contributed by atoms with van der Waals surface area (Å²) in [5.41, 5.74) is 1.92. The van der Waals surface area contributed by atoms with Gasteiger partial charge < -0.3 is 15.0 Å². The number of hydrogen-bond acceptors (Lipinski definition) is 4. The van der Waals surface area contributed by atoms with E-state index in [1.165, 1.54) is 0 Å². The number of anilines is 1. The van der Waals surface area contributed by atoms with E-state index in [0.29, 0.717) is 47.3 Å². The maximum absolute atomic E-state index is 12.0. The summed E-state index contributed by atoms with van der Waals surface area (Å²) in [5.74, 6) is -0.557. The van der Waals surface area contributed by atoms with Gasteiger partial charge >= 0.3 is 5.97 Å². The van der Waals surface area contributed by atoms with Gasteiger partial charge in [0.15, 0.2) is 5.11 Å². The van der Waals surface area contributed by atoms with Gasteiger partial charge in [-0.25, -0.2) is 4.79 Å². The summed E-state index contributed by atoms with van der Waals surface area (Å²) in [4.78, 5) is 25.7. The molecular weight excluding hydrogens is 431 g/mol. The maximum Gasteiger partial charge on any atom is 0.338 e. The van der Waals surface area contributed by atoms with E-state index in [1.807, 2.05) is 6.92 Å². The van der Waals surface area contributed by atoms with Gasteiger partial charge in [0.1, 0.15) is 0 Å². The van der Waals surface area contributed by atoms with Crippen molar-refractivity contribution in [2.45, 2.75) is 33.2 Å². The van der Waals surface area contributed by atoms with Crippen LogP contribution in [-0.4, -0.2) is 23.6 Å². The van der Waals surface area contributed by atoms with Crippen LogP contribution in [0.5, 0.6) is 0 Å². The van der Waals surface area contributed by atoms with Gasteiger partial charge in [-0.15, -0.1) is 0 Å². The molecule has 0 unspecified atom stereocenters. The van der Waals surface area contributed by atoms with Crippen LogP contribution in [0.25, 0.3) is 0 Å². The number of carbonyl (C=O) groups is 2. The van der Waals surface area contributed by atoms with Crippen molar-refractivity contribution in [2.24, 2.45) is 0 Å². The molecule has 1 N–H and O–H groups in total. The van der Waals surface area contributed by atoms with Crippen molar-refractivity contribution in [3.8, 4) is 0 Å². The fourth-order valence-electron chi connectivity index (χ4n) is 2.57. The van der Waals surface area contributed by atoms with Crippen LogP contribution >= 0.6 is 35.4 Å². The SMILES string of the molecule is CCCC(=O)NC(=S)N(Cc1ccc(Cl)cc1Cl)c1ccc(C(=O)OCC)cc1. The second kappa shape index (κ2) is 11.1. The zero-order valence-electron chi connectivity index (χ0n) is 16.2. The van der Waals surface area contributed by atoms with Crippen LogP contribution in [0.1, 0.15) is 42.6 Å². The number of ether oxygens (including phenoxy) is 1. The zero-order valence-corrected chi connectivity index (χ0v) is 18.5. The van der Waals surface area contributed by atoms with Gasteiger partial charge in [-0.2, -0.15) is 0 Å². The molecule has 29 heavy (non-hydrogen) atoms. The number of halogens is 2. The average molecular weight is 453 g/mol. The summed E-state index contributed by atoms with van der Waals surface area (Å²) in [7, 11) is 0. The zero-order chi connectivity index (χ0) is 21.4. The highest BCUT2D eigenvalue weighted by Gasteiger charge is 2.17. The van der Waals surface area contributed by atoms with Crippen molar-refractivity contribution < 1.29 is 14.3 Å². The second-order valence-electron chi connectivity index (χ2n) is 6.19. The Balaban J connectivity index is 2.31. The molecule has 0 aliphatic carbocycles. The molecule has 0 aliphatic rings. The van der Waals surface area contributed by atoms with Crippen molar-refractivity contribution >= 4 is 58.1 Å². The van der Waals surface area contributed by atoms with Crippen molar-refractivity contribution in [3.05, 3.63) is 63.6 Å². The first kappa shape index (κ1) is 23.1. The Kier molecular flexibility index (Phi) is 8.89. The Bertz CT molecular complexity index is 888. The van der Waals surface area contributed by atoms with E-state index in [0.717, 1.165) is 5.56 Å². The van der Waals surface area contributed by atoms with Gasteiger partial charge in [-0.3, -0.25) is 4.79 Å². The molecule has 0 saturated heterocycles. The fourth-order valence-corrected chi connectivity index (χ4v) is 3.32. The maximum atomic E-state index is 12.0. The summed E-state index contributed by atoms with van der Waals surface area (Å²) in [6.45, 7) is 4.29. The van der Waals surface area contributed by atoms with Crippen LogP contribution in [0.3, 0.4) is 0 Å². The molecule has 2 aromatic carbocycles. The van der Waals surface area contributed by atoms with Crippen LogP contribution in [0, 0.1) is 0 Å². The molecule has 2 rings (SSSR count). The van der Waals surface area contributed by atoms with Crippen molar-refractivity contribution in [1.82, 2.24) is 5.32 Å². The van der Waals surface area contributed by atoms with E-state index < -0.39 is 5.97 Å². The average Bonchev–Trinajstić information content (AvgIpc) is 2.68. The number of carbonyl (C=O) groups excluding carboxylic acids is 2. The van der Waals surface area contributed by atoms with E-state index in [9.17, 15) is 9.59 Å². The minimum Gasteiger partial charge on any atom is -0.462 e. The number of thiocarbonyl (C=S) groups is 1. The minimum absolute atomic E-state index is 0.159. The Morgan fingerprint density at radius 3 is 2.38 bits per heavy atom. The molecule has 0 radical (unpaired) electrons. The minimum atomic E-state index is -0.398. The van der Waals surface area contributed by atoms with Gasteiger partial charge in [0.2, 0.25) is 5.91 Å². The number of hydrogen-bond donors (Lipinski definition) is 1. The first-order chi connectivity index (χ1) is 13.8. The predicted octanol–water partition coefficient (Wildman–Crippen LogP) is 5.38. The number of amides is 1. The molecule has 0 aliphatic heterocycles. The smallest absolute Gasteiger partial charge is 0.338 e. The molecule has 0 fully saturated rings. The summed E-state index contributed by atoms with van der Waals surface area (Å²) in [6.07, 6.45) is 1.09. The van der Waals surface area contributed by atoms with Gasteiger partial charge in [-0.05, 0) is 67.5 Å². The lowest BCUT2D eigenvalue weighted by molar-refractivity contribution is -0.119. The third-order valence-electron chi connectivity index (χ3n) is 4.00. The van der Waals surface area contributed by atoms with E-state index in [2.05, 4.69) is 5.32 Å². The molecular formula is C21H22Cl2N2O3S. The molecule has 5 nitrogen and oxygen atoms in total. The Hall–Kier alpha value is -2.15. The number of benzene rings is 2. The molecule has 0 saturated carbocycles. The number of esters is 1. The van der Waals surface area contributed by atoms with E-state index in [4.69, 9.17) is 40.2 Å². The molecule has 2 aromatic rings. The third kappa shape index (κ3) is 6.70. The quantitative estimate of drug-likeness (QED) is 0.451. The first-order valence-corrected chi connectivity index (χ1v) is 10.3. The molecule has 1 amide bonds. The molecule has 0 spiro atoms. The molecule has 154 valence electrons. The summed E-state index contributed by atoms with van der Waals surface area (Å²) >= 11 is 17.8. The van der Waals surface area contributed by atoms with Crippen LogP contribution in [0.4, 0.5) is 5.69 Å². The van der Waals surface area contributed by atoms with Crippen LogP contribution in [0.15, 0.2) is 42.5 Å². The largest absolute Gasteiger partial charge is 0.462 e. The van der Waals surface area contributed by atoms with Crippen molar-refractivity contribution in [1.29, 1.82) is 0 Å². The predicted molar refractivity (Wildman–Crippen MR) is 121 cm³/mol. The fraction of sp³-hybridized carbons (Fsp3) is 0.286.